The predicted molar refractivity (Wildman–Crippen MR) is 108 cm³/mol. The molecule has 3 aromatic rings. The molecule has 0 spiro atoms. The summed E-state index contributed by atoms with van der Waals surface area (Å²) < 4.78 is 37.9. The monoisotopic (exact) mass is 430 g/mol. The second-order valence-corrected chi connectivity index (χ2v) is 9.57. The van der Waals surface area contributed by atoms with E-state index in [1.54, 1.807) is 12.1 Å². The topological polar surface area (TPSA) is 119 Å². The van der Waals surface area contributed by atoms with Crippen molar-refractivity contribution in [3.8, 4) is 11.7 Å². The molecule has 2 atom stereocenters. The largest absolute Gasteiger partial charge is 0.459 e. The van der Waals surface area contributed by atoms with Crippen LogP contribution in [-0.2, 0) is 10.0 Å². The average molecular weight is 430 g/mol. The normalized spacial score (nSPS) is 20.2. The highest BCUT2D eigenvalue weighted by molar-refractivity contribution is 7.89. The molecule has 10 heteroatoms. The van der Waals surface area contributed by atoms with Crippen LogP contribution < -0.4 is 5.32 Å². The zero-order valence-corrected chi connectivity index (χ0v) is 17.4. The number of carbonyl (C=O) groups excluding carboxylic acids is 1. The fourth-order valence-corrected chi connectivity index (χ4v) is 5.35. The number of hydrogen-bond acceptors (Lipinski definition) is 7. The van der Waals surface area contributed by atoms with Crippen LogP contribution >= 0.6 is 0 Å². The van der Waals surface area contributed by atoms with Crippen LogP contribution in [-0.4, -0.2) is 41.9 Å². The summed E-state index contributed by atoms with van der Waals surface area (Å²) in [5, 5.41) is 10.1. The summed E-state index contributed by atoms with van der Waals surface area (Å²) in [6.07, 6.45) is 2.49. The highest BCUT2D eigenvalue weighted by Gasteiger charge is 2.31. The van der Waals surface area contributed by atoms with Crippen LogP contribution in [0.15, 0.2) is 56.4 Å². The number of furan rings is 1. The van der Waals surface area contributed by atoms with E-state index in [4.69, 9.17) is 8.83 Å². The highest BCUT2D eigenvalue weighted by Crippen LogP contribution is 2.27. The van der Waals surface area contributed by atoms with E-state index in [1.165, 1.54) is 34.8 Å². The zero-order chi connectivity index (χ0) is 21.3. The maximum atomic E-state index is 12.9. The van der Waals surface area contributed by atoms with Gasteiger partial charge in [-0.2, -0.15) is 4.31 Å². The van der Waals surface area contributed by atoms with E-state index in [9.17, 15) is 13.2 Å². The molecule has 1 fully saturated rings. The van der Waals surface area contributed by atoms with Crippen molar-refractivity contribution in [1.82, 2.24) is 14.5 Å². The Kier molecular flexibility index (Phi) is 5.44. The van der Waals surface area contributed by atoms with Crippen LogP contribution in [0.25, 0.3) is 11.7 Å². The Bertz CT molecular complexity index is 1110. The third-order valence-corrected chi connectivity index (χ3v) is 6.81. The van der Waals surface area contributed by atoms with Crippen molar-refractivity contribution in [2.45, 2.75) is 25.2 Å². The third kappa shape index (κ3) is 4.14. The molecule has 1 aliphatic rings. The summed E-state index contributed by atoms with van der Waals surface area (Å²) in [5.74, 6) is 0.664. The van der Waals surface area contributed by atoms with Gasteiger partial charge in [0.1, 0.15) is 0 Å². The maximum Gasteiger partial charge on any atom is 0.322 e. The maximum absolute atomic E-state index is 12.9. The Morgan fingerprint density at radius 1 is 1.10 bits per heavy atom. The van der Waals surface area contributed by atoms with Crippen molar-refractivity contribution < 1.29 is 22.0 Å². The molecule has 0 bridgehead atoms. The molecule has 9 nitrogen and oxygen atoms in total. The van der Waals surface area contributed by atoms with Gasteiger partial charge in [0, 0.05) is 18.7 Å². The number of nitrogens with zero attached hydrogens (tertiary/aromatic N) is 3. The summed E-state index contributed by atoms with van der Waals surface area (Å²) in [4.78, 5) is 12.6. The second-order valence-electron chi connectivity index (χ2n) is 7.64. The quantitative estimate of drug-likeness (QED) is 0.660. The lowest BCUT2D eigenvalue weighted by Gasteiger charge is -2.34. The molecule has 1 saturated heterocycles. The number of nitrogens with one attached hydrogen (secondary N) is 1. The standard InChI is InChI=1S/C20H22N4O5S/c1-13-10-14(2)12-24(11-13)30(26,27)16-7-5-15(6-8-16)18(25)21-20-23-22-19(29-20)17-4-3-9-28-17/h3-9,13-14H,10-12H2,1-2H3,(H,21,23,25)/t13-,14-/m0/s1. The van der Waals surface area contributed by atoms with Crippen LogP contribution in [0.2, 0.25) is 0 Å². The van der Waals surface area contributed by atoms with Gasteiger partial charge in [0.25, 0.3) is 11.8 Å². The summed E-state index contributed by atoms with van der Waals surface area (Å²) in [5.41, 5.74) is 0.270. The number of benzene rings is 1. The number of aromatic nitrogens is 2. The molecular formula is C20H22N4O5S. The summed E-state index contributed by atoms with van der Waals surface area (Å²) >= 11 is 0. The van der Waals surface area contributed by atoms with Crippen LogP contribution in [0.5, 0.6) is 0 Å². The Balaban J connectivity index is 1.46. The van der Waals surface area contributed by atoms with Gasteiger partial charge in [0.15, 0.2) is 5.76 Å². The molecule has 1 aromatic carbocycles. The second kappa shape index (κ2) is 8.04. The number of piperidine rings is 1. The van der Waals surface area contributed by atoms with Gasteiger partial charge < -0.3 is 8.83 Å². The van der Waals surface area contributed by atoms with Gasteiger partial charge in [0.2, 0.25) is 10.0 Å². The smallest absolute Gasteiger partial charge is 0.322 e. The van der Waals surface area contributed by atoms with Crippen molar-refractivity contribution in [2.24, 2.45) is 11.8 Å². The van der Waals surface area contributed by atoms with Crippen LogP contribution in [0.1, 0.15) is 30.6 Å². The molecule has 2 aromatic heterocycles. The lowest BCUT2D eigenvalue weighted by molar-refractivity contribution is 0.102. The fourth-order valence-electron chi connectivity index (χ4n) is 3.67. The summed E-state index contributed by atoms with van der Waals surface area (Å²) in [6, 6.07) is 9.05. The Morgan fingerprint density at radius 3 is 2.43 bits per heavy atom. The lowest BCUT2D eigenvalue weighted by atomic mass is 9.94. The van der Waals surface area contributed by atoms with Crippen LogP contribution in [0, 0.1) is 11.8 Å². The molecule has 30 heavy (non-hydrogen) atoms. The minimum absolute atomic E-state index is 0.0839. The van der Waals surface area contributed by atoms with Crippen LogP contribution in [0.4, 0.5) is 6.01 Å². The van der Waals surface area contributed by atoms with E-state index in [0.29, 0.717) is 30.7 Å². The molecule has 0 saturated carbocycles. The SMILES string of the molecule is C[C@H]1C[C@H](C)CN(S(=O)(=O)c2ccc(C(=O)Nc3nnc(-c4ccco4)o3)cc2)C1. The number of sulfonamides is 1. The number of hydrogen-bond donors (Lipinski definition) is 1. The van der Waals surface area contributed by atoms with Gasteiger partial charge in [-0.25, -0.2) is 8.42 Å². The van der Waals surface area contributed by atoms with E-state index >= 15 is 0 Å². The van der Waals surface area contributed by atoms with Gasteiger partial charge in [0.05, 0.1) is 11.2 Å². The first-order valence-corrected chi connectivity index (χ1v) is 11.1. The van der Waals surface area contributed by atoms with Crippen molar-refractivity contribution in [2.75, 3.05) is 18.4 Å². The van der Waals surface area contributed by atoms with Gasteiger partial charge in [-0.05, 0) is 54.7 Å². The average Bonchev–Trinajstić information content (AvgIpc) is 3.39. The van der Waals surface area contributed by atoms with E-state index in [-0.39, 0.29) is 22.4 Å². The van der Waals surface area contributed by atoms with Gasteiger partial charge >= 0.3 is 6.01 Å². The molecule has 1 amide bonds. The summed E-state index contributed by atoms with van der Waals surface area (Å²) in [7, 11) is -3.60. The van der Waals surface area contributed by atoms with E-state index < -0.39 is 15.9 Å². The molecule has 158 valence electrons. The van der Waals surface area contributed by atoms with Crippen molar-refractivity contribution in [1.29, 1.82) is 0 Å². The fraction of sp³-hybridized carbons (Fsp3) is 0.350. The molecule has 1 N–H and O–H groups in total. The van der Waals surface area contributed by atoms with Crippen molar-refractivity contribution in [3.05, 3.63) is 48.2 Å². The Hall–Kier alpha value is -2.98. The summed E-state index contributed by atoms with van der Waals surface area (Å²) in [6.45, 7) is 5.12. The van der Waals surface area contributed by atoms with E-state index in [1.807, 2.05) is 0 Å². The highest BCUT2D eigenvalue weighted by atomic mass is 32.2. The molecule has 0 radical (unpaired) electrons. The van der Waals surface area contributed by atoms with Crippen molar-refractivity contribution in [3.63, 3.8) is 0 Å². The van der Waals surface area contributed by atoms with E-state index in [0.717, 1.165) is 6.42 Å². The van der Waals surface area contributed by atoms with E-state index in [2.05, 4.69) is 29.4 Å². The molecule has 4 rings (SSSR count). The number of amides is 1. The molecule has 1 aliphatic heterocycles. The molecular weight excluding hydrogens is 408 g/mol. The van der Waals surface area contributed by atoms with Crippen LogP contribution in [0.3, 0.4) is 0 Å². The first-order chi connectivity index (χ1) is 14.3. The first kappa shape index (κ1) is 20.3. The van der Waals surface area contributed by atoms with Crippen molar-refractivity contribution >= 4 is 21.9 Å². The van der Waals surface area contributed by atoms with Gasteiger partial charge in [-0.1, -0.05) is 18.9 Å². The Labute approximate surface area is 174 Å². The molecule has 0 aliphatic carbocycles. The number of anilines is 1. The lowest BCUT2D eigenvalue weighted by Crippen LogP contribution is -2.42. The third-order valence-electron chi connectivity index (χ3n) is 4.97. The predicted octanol–water partition coefficient (Wildman–Crippen LogP) is 3.25. The Morgan fingerprint density at radius 2 is 1.80 bits per heavy atom. The minimum Gasteiger partial charge on any atom is -0.459 e. The van der Waals surface area contributed by atoms with Gasteiger partial charge in [-0.15, -0.1) is 5.10 Å². The number of carbonyl (C=O) groups is 1. The van der Waals surface area contributed by atoms with Gasteiger partial charge in [-0.3, -0.25) is 10.1 Å². The number of rotatable bonds is 5. The zero-order valence-electron chi connectivity index (χ0n) is 16.6. The molecule has 0 unspecified atom stereocenters. The first-order valence-electron chi connectivity index (χ1n) is 9.62. The minimum atomic E-state index is -3.60. The molecule has 3 heterocycles.